The minimum absolute atomic E-state index is 0.178. The Hall–Kier alpha value is -1.59. The van der Waals surface area contributed by atoms with Crippen LogP contribution in [-0.2, 0) is 9.59 Å². The first kappa shape index (κ1) is 13.8. The Balaban J connectivity index is 2.23. The van der Waals surface area contributed by atoms with E-state index in [1.165, 1.54) is 6.92 Å². The third kappa shape index (κ3) is 3.24. The molecule has 19 heavy (non-hydrogen) atoms. The second-order valence-electron chi connectivity index (χ2n) is 4.02. The van der Waals surface area contributed by atoms with Crippen LogP contribution in [0.2, 0.25) is 5.02 Å². The van der Waals surface area contributed by atoms with E-state index in [4.69, 9.17) is 11.6 Å². The van der Waals surface area contributed by atoms with Crippen LogP contribution in [0.15, 0.2) is 29.2 Å². The molecule has 1 fully saturated rings. The molecule has 1 aromatic rings. The average molecular weight is 296 g/mol. The van der Waals surface area contributed by atoms with E-state index in [1.807, 2.05) is 0 Å². The molecule has 1 aliphatic rings. The van der Waals surface area contributed by atoms with Gasteiger partial charge in [0, 0.05) is 5.02 Å². The zero-order valence-electron chi connectivity index (χ0n) is 10.1. The van der Waals surface area contributed by atoms with Gasteiger partial charge in [0.25, 0.3) is 11.1 Å². The second kappa shape index (κ2) is 5.59. The number of halogens is 1. The fourth-order valence-corrected chi connectivity index (χ4v) is 2.53. The highest BCUT2D eigenvalue weighted by atomic mass is 35.5. The van der Waals surface area contributed by atoms with Crippen molar-refractivity contribution in [1.29, 1.82) is 0 Å². The summed E-state index contributed by atoms with van der Waals surface area (Å²) in [4.78, 5) is 35.9. The maximum absolute atomic E-state index is 12.0. The van der Waals surface area contributed by atoms with Gasteiger partial charge in [-0.1, -0.05) is 23.7 Å². The van der Waals surface area contributed by atoms with Crippen LogP contribution in [0, 0.1) is 0 Å². The van der Waals surface area contributed by atoms with E-state index in [2.05, 4.69) is 0 Å². The van der Waals surface area contributed by atoms with E-state index in [0.29, 0.717) is 9.93 Å². The van der Waals surface area contributed by atoms with Crippen molar-refractivity contribution in [2.75, 3.05) is 6.54 Å². The van der Waals surface area contributed by atoms with Crippen molar-refractivity contribution < 1.29 is 14.4 Å². The van der Waals surface area contributed by atoms with Crippen LogP contribution >= 0.6 is 23.4 Å². The van der Waals surface area contributed by atoms with Crippen LogP contribution in [0.1, 0.15) is 12.5 Å². The van der Waals surface area contributed by atoms with Gasteiger partial charge in [-0.2, -0.15) is 0 Å². The van der Waals surface area contributed by atoms with Gasteiger partial charge in [-0.3, -0.25) is 19.3 Å². The van der Waals surface area contributed by atoms with E-state index in [0.717, 1.165) is 22.2 Å². The predicted octanol–water partition coefficient (Wildman–Crippen LogP) is 2.97. The van der Waals surface area contributed by atoms with Crippen LogP contribution in [0.3, 0.4) is 0 Å². The smallest absolute Gasteiger partial charge is 0.293 e. The molecule has 0 unspecified atom stereocenters. The summed E-state index contributed by atoms with van der Waals surface area (Å²) in [6, 6.07) is 6.91. The fourth-order valence-electron chi connectivity index (χ4n) is 1.57. The van der Waals surface area contributed by atoms with Crippen molar-refractivity contribution in [3.8, 4) is 0 Å². The normalized spacial score (nSPS) is 17.4. The van der Waals surface area contributed by atoms with Gasteiger partial charge in [0.2, 0.25) is 0 Å². The summed E-state index contributed by atoms with van der Waals surface area (Å²) in [5, 5.41) is 0.183. The standard InChI is InChI=1S/C13H10ClNO3S/c1-8(16)7-15-12(17)11(19-13(15)18)6-9-2-4-10(14)5-3-9/h2-6H,7H2,1H3/b11-6-. The number of ketones is 1. The first-order valence-electron chi connectivity index (χ1n) is 5.48. The molecule has 1 saturated heterocycles. The van der Waals surface area contributed by atoms with Crippen molar-refractivity contribution >= 4 is 46.4 Å². The molecule has 4 nitrogen and oxygen atoms in total. The average Bonchev–Trinajstić information content (AvgIpc) is 2.60. The van der Waals surface area contributed by atoms with Crippen molar-refractivity contribution in [3.63, 3.8) is 0 Å². The molecule has 0 saturated carbocycles. The molecule has 6 heteroatoms. The summed E-state index contributed by atoms with van der Waals surface area (Å²) >= 11 is 6.60. The molecule has 2 amide bonds. The topological polar surface area (TPSA) is 54.5 Å². The highest BCUT2D eigenvalue weighted by Gasteiger charge is 2.35. The minimum atomic E-state index is -0.430. The van der Waals surface area contributed by atoms with E-state index in [-0.39, 0.29) is 12.3 Å². The maximum Gasteiger partial charge on any atom is 0.293 e. The lowest BCUT2D eigenvalue weighted by molar-refractivity contribution is -0.127. The number of carbonyl (C=O) groups is 3. The molecule has 2 rings (SSSR count). The summed E-state index contributed by atoms with van der Waals surface area (Å²) in [5.41, 5.74) is 0.776. The zero-order valence-corrected chi connectivity index (χ0v) is 11.6. The van der Waals surface area contributed by atoms with Crippen molar-refractivity contribution in [2.45, 2.75) is 6.92 Å². The van der Waals surface area contributed by atoms with Crippen LogP contribution in [0.4, 0.5) is 4.79 Å². The van der Waals surface area contributed by atoms with Gasteiger partial charge in [-0.25, -0.2) is 0 Å². The van der Waals surface area contributed by atoms with Gasteiger partial charge < -0.3 is 0 Å². The predicted molar refractivity (Wildman–Crippen MR) is 74.8 cm³/mol. The molecule has 0 aliphatic carbocycles. The van der Waals surface area contributed by atoms with Crippen LogP contribution in [0.5, 0.6) is 0 Å². The SMILES string of the molecule is CC(=O)CN1C(=O)S/C(=C\c2ccc(Cl)cc2)C1=O. The van der Waals surface area contributed by atoms with Gasteiger partial charge in [-0.15, -0.1) is 0 Å². The molecule has 0 radical (unpaired) electrons. The number of thioether (sulfide) groups is 1. The quantitative estimate of drug-likeness (QED) is 0.805. The second-order valence-corrected chi connectivity index (χ2v) is 5.45. The minimum Gasteiger partial charge on any atom is -0.298 e. The molecule has 0 spiro atoms. The van der Waals surface area contributed by atoms with Gasteiger partial charge in [0.15, 0.2) is 0 Å². The number of hydrogen-bond donors (Lipinski definition) is 0. The van der Waals surface area contributed by atoms with E-state index >= 15 is 0 Å². The van der Waals surface area contributed by atoms with Crippen LogP contribution < -0.4 is 0 Å². The number of hydrogen-bond acceptors (Lipinski definition) is 4. The number of nitrogens with zero attached hydrogens (tertiary/aromatic N) is 1. The molecule has 0 aromatic heterocycles. The van der Waals surface area contributed by atoms with E-state index < -0.39 is 11.1 Å². The summed E-state index contributed by atoms with van der Waals surface area (Å²) in [6.07, 6.45) is 1.61. The molecule has 1 aromatic carbocycles. The Morgan fingerprint density at radius 2 is 1.95 bits per heavy atom. The number of rotatable bonds is 3. The molecule has 1 aliphatic heterocycles. The number of benzene rings is 1. The first-order chi connectivity index (χ1) is 8.97. The Kier molecular flexibility index (Phi) is 4.07. The highest BCUT2D eigenvalue weighted by Crippen LogP contribution is 2.32. The Bertz CT molecular complexity index is 580. The Morgan fingerprint density at radius 1 is 1.32 bits per heavy atom. The van der Waals surface area contributed by atoms with Crippen LogP contribution in [-0.4, -0.2) is 28.4 Å². The molecule has 0 N–H and O–H groups in total. The molecular formula is C13H10ClNO3S. The lowest BCUT2D eigenvalue weighted by atomic mass is 10.2. The molecular weight excluding hydrogens is 286 g/mol. The third-order valence-corrected chi connectivity index (χ3v) is 3.58. The monoisotopic (exact) mass is 295 g/mol. The third-order valence-electron chi connectivity index (χ3n) is 2.42. The summed E-state index contributed by atoms with van der Waals surface area (Å²) in [5.74, 6) is -0.657. The Morgan fingerprint density at radius 3 is 2.53 bits per heavy atom. The zero-order chi connectivity index (χ0) is 14.0. The first-order valence-corrected chi connectivity index (χ1v) is 6.67. The van der Waals surface area contributed by atoms with Gasteiger partial charge in [0.05, 0.1) is 11.4 Å². The van der Waals surface area contributed by atoms with Gasteiger partial charge in [0.1, 0.15) is 5.78 Å². The number of Topliss-reactive ketones (excluding diaryl/α,β-unsaturated/α-hetero) is 1. The molecule has 1 heterocycles. The van der Waals surface area contributed by atoms with E-state index in [9.17, 15) is 14.4 Å². The largest absolute Gasteiger partial charge is 0.298 e. The maximum atomic E-state index is 12.0. The summed E-state index contributed by atoms with van der Waals surface area (Å²) in [7, 11) is 0. The van der Waals surface area contributed by atoms with Crippen molar-refractivity contribution in [1.82, 2.24) is 4.90 Å². The fraction of sp³-hybridized carbons (Fsp3) is 0.154. The lowest BCUT2D eigenvalue weighted by Crippen LogP contribution is -2.32. The molecule has 0 atom stereocenters. The number of amides is 2. The molecule has 0 bridgehead atoms. The number of carbonyl (C=O) groups excluding carboxylic acids is 3. The van der Waals surface area contributed by atoms with Crippen molar-refractivity contribution in [3.05, 3.63) is 39.8 Å². The van der Waals surface area contributed by atoms with Gasteiger partial charge in [-0.05, 0) is 42.5 Å². The number of imide groups is 1. The lowest BCUT2D eigenvalue weighted by Gasteiger charge is -2.08. The highest BCUT2D eigenvalue weighted by molar-refractivity contribution is 8.18. The van der Waals surface area contributed by atoms with Crippen molar-refractivity contribution in [2.24, 2.45) is 0 Å². The molecule has 98 valence electrons. The summed E-state index contributed by atoms with van der Waals surface area (Å²) in [6.45, 7) is 1.16. The van der Waals surface area contributed by atoms with Gasteiger partial charge >= 0.3 is 0 Å². The van der Waals surface area contributed by atoms with E-state index in [1.54, 1.807) is 30.3 Å². The van der Waals surface area contributed by atoms with Crippen LogP contribution in [0.25, 0.3) is 6.08 Å². The Labute approximate surface area is 119 Å². The summed E-state index contributed by atoms with van der Waals surface area (Å²) < 4.78 is 0.